The van der Waals surface area contributed by atoms with Gasteiger partial charge in [-0.3, -0.25) is 0 Å². The van der Waals surface area contributed by atoms with Gasteiger partial charge in [0.15, 0.2) is 5.65 Å². The van der Waals surface area contributed by atoms with Crippen molar-refractivity contribution >= 4 is 5.65 Å². The van der Waals surface area contributed by atoms with Crippen LogP contribution in [0.5, 0.6) is 0 Å². The number of fused-ring (bicyclic) bond motifs is 1. The van der Waals surface area contributed by atoms with E-state index in [-0.39, 0.29) is 6.04 Å². The van der Waals surface area contributed by atoms with E-state index in [4.69, 9.17) is 5.73 Å². The van der Waals surface area contributed by atoms with Crippen molar-refractivity contribution in [1.82, 2.24) is 14.6 Å². The first kappa shape index (κ1) is 10.9. The van der Waals surface area contributed by atoms with Gasteiger partial charge in [0.1, 0.15) is 0 Å². The number of hydrogen-bond donors (Lipinski definition) is 1. The molecule has 0 spiro atoms. The molecule has 0 saturated carbocycles. The number of benzene rings is 1. The maximum absolute atomic E-state index is 6.18. The number of rotatable bonds is 3. The smallest absolute Gasteiger partial charge is 0.155 e. The second-order valence-corrected chi connectivity index (χ2v) is 4.27. The lowest BCUT2D eigenvalue weighted by Crippen LogP contribution is -2.14. The molecular formula is C14H14N4. The summed E-state index contributed by atoms with van der Waals surface area (Å²) in [6.45, 7) is 0. The Morgan fingerprint density at radius 1 is 1.11 bits per heavy atom. The monoisotopic (exact) mass is 238 g/mol. The number of aromatic nitrogens is 3. The van der Waals surface area contributed by atoms with Crippen LogP contribution in [-0.2, 0) is 6.42 Å². The third-order valence-electron chi connectivity index (χ3n) is 2.97. The largest absolute Gasteiger partial charge is 0.324 e. The Hall–Kier alpha value is -2.20. The van der Waals surface area contributed by atoms with Crippen LogP contribution >= 0.6 is 0 Å². The van der Waals surface area contributed by atoms with E-state index in [0.29, 0.717) is 0 Å². The Morgan fingerprint density at radius 2 is 1.94 bits per heavy atom. The summed E-state index contributed by atoms with van der Waals surface area (Å²) in [5.74, 6) is 0. The molecule has 2 heterocycles. The van der Waals surface area contributed by atoms with Gasteiger partial charge in [0.05, 0.1) is 6.20 Å². The average Bonchev–Trinajstić information content (AvgIpc) is 2.87. The zero-order valence-electron chi connectivity index (χ0n) is 9.90. The fourth-order valence-corrected chi connectivity index (χ4v) is 2.01. The molecule has 0 bridgehead atoms. The first-order valence-electron chi connectivity index (χ1n) is 5.93. The molecule has 0 radical (unpaired) electrons. The average molecular weight is 238 g/mol. The highest BCUT2D eigenvalue weighted by Gasteiger charge is 2.08. The molecule has 0 aliphatic carbocycles. The molecule has 4 nitrogen and oxygen atoms in total. The molecule has 0 aliphatic heterocycles. The van der Waals surface area contributed by atoms with Gasteiger partial charge in [-0.2, -0.15) is 5.10 Å². The molecule has 18 heavy (non-hydrogen) atoms. The fourth-order valence-electron chi connectivity index (χ4n) is 2.01. The maximum atomic E-state index is 6.18. The molecular weight excluding hydrogens is 224 g/mol. The molecule has 0 saturated heterocycles. The Morgan fingerprint density at radius 3 is 2.78 bits per heavy atom. The van der Waals surface area contributed by atoms with Gasteiger partial charge in [-0.25, -0.2) is 9.50 Å². The number of nitrogens with zero attached hydrogens (tertiary/aromatic N) is 3. The molecule has 4 heteroatoms. The van der Waals surface area contributed by atoms with Gasteiger partial charge in [-0.05, 0) is 11.6 Å². The molecule has 3 rings (SSSR count). The van der Waals surface area contributed by atoms with Crippen molar-refractivity contribution in [3.8, 4) is 0 Å². The van der Waals surface area contributed by atoms with E-state index in [9.17, 15) is 0 Å². The van der Waals surface area contributed by atoms with Crippen LogP contribution in [0, 0.1) is 0 Å². The normalized spacial score (nSPS) is 12.7. The zero-order valence-corrected chi connectivity index (χ0v) is 9.90. The van der Waals surface area contributed by atoms with E-state index in [1.54, 1.807) is 10.7 Å². The van der Waals surface area contributed by atoms with Crippen molar-refractivity contribution in [3.63, 3.8) is 0 Å². The molecule has 90 valence electrons. The van der Waals surface area contributed by atoms with Gasteiger partial charge in [-0.15, -0.1) is 0 Å². The van der Waals surface area contributed by atoms with E-state index in [1.807, 2.05) is 48.7 Å². The molecule has 2 aromatic heterocycles. The Kier molecular flexibility index (Phi) is 2.78. The van der Waals surface area contributed by atoms with Crippen molar-refractivity contribution in [2.24, 2.45) is 5.73 Å². The maximum Gasteiger partial charge on any atom is 0.155 e. The highest BCUT2D eigenvalue weighted by Crippen LogP contribution is 2.14. The van der Waals surface area contributed by atoms with Crippen LogP contribution in [0.4, 0.5) is 0 Å². The van der Waals surface area contributed by atoms with Crippen LogP contribution in [-0.4, -0.2) is 14.6 Å². The van der Waals surface area contributed by atoms with Crippen LogP contribution < -0.4 is 5.73 Å². The summed E-state index contributed by atoms with van der Waals surface area (Å²) in [6, 6.07) is 13.9. The summed E-state index contributed by atoms with van der Waals surface area (Å²) < 4.78 is 1.75. The Balaban J connectivity index is 1.83. The van der Waals surface area contributed by atoms with Gasteiger partial charge < -0.3 is 5.73 Å². The molecule has 1 aromatic carbocycles. The van der Waals surface area contributed by atoms with Crippen LogP contribution in [0.3, 0.4) is 0 Å². The predicted octanol–water partition coefficient (Wildman–Crippen LogP) is 1.97. The highest BCUT2D eigenvalue weighted by atomic mass is 15.2. The molecule has 2 N–H and O–H groups in total. The molecule has 1 atom stereocenters. The lowest BCUT2D eigenvalue weighted by atomic mass is 10.0. The third-order valence-corrected chi connectivity index (χ3v) is 2.97. The molecule has 3 aromatic rings. The van der Waals surface area contributed by atoms with Crippen molar-refractivity contribution in [1.29, 1.82) is 0 Å². The van der Waals surface area contributed by atoms with Gasteiger partial charge in [0.25, 0.3) is 0 Å². The molecule has 0 fully saturated rings. The van der Waals surface area contributed by atoms with Crippen LogP contribution in [0.15, 0.2) is 54.9 Å². The second kappa shape index (κ2) is 4.58. The lowest BCUT2D eigenvalue weighted by molar-refractivity contribution is 0.704. The van der Waals surface area contributed by atoms with Crippen LogP contribution in [0.25, 0.3) is 5.65 Å². The van der Waals surface area contributed by atoms with Gasteiger partial charge >= 0.3 is 0 Å². The van der Waals surface area contributed by atoms with Crippen molar-refractivity contribution < 1.29 is 0 Å². The van der Waals surface area contributed by atoms with E-state index in [0.717, 1.165) is 23.3 Å². The summed E-state index contributed by atoms with van der Waals surface area (Å²) in [5, 5.41) is 4.12. The first-order chi connectivity index (χ1) is 8.83. The number of hydrogen-bond acceptors (Lipinski definition) is 3. The summed E-state index contributed by atoms with van der Waals surface area (Å²) in [7, 11) is 0. The van der Waals surface area contributed by atoms with Crippen LogP contribution in [0.1, 0.15) is 17.3 Å². The summed E-state index contributed by atoms with van der Waals surface area (Å²) in [5.41, 5.74) is 9.16. The van der Waals surface area contributed by atoms with E-state index < -0.39 is 0 Å². The number of nitrogens with two attached hydrogens (primary N) is 1. The van der Waals surface area contributed by atoms with Gasteiger partial charge in [0.2, 0.25) is 0 Å². The quantitative estimate of drug-likeness (QED) is 0.759. The van der Waals surface area contributed by atoms with E-state index in [1.165, 1.54) is 0 Å². The van der Waals surface area contributed by atoms with Gasteiger partial charge in [0, 0.05) is 30.4 Å². The minimum atomic E-state index is -0.0240. The minimum absolute atomic E-state index is 0.0240. The molecule has 0 amide bonds. The van der Waals surface area contributed by atoms with Crippen molar-refractivity contribution in [3.05, 3.63) is 66.1 Å². The minimum Gasteiger partial charge on any atom is -0.324 e. The summed E-state index contributed by atoms with van der Waals surface area (Å²) in [4.78, 5) is 4.52. The van der Waals surface area contributed by atoms with Crippen molar-refractivity contribution in [2.75, 3.05) is 0 Å². The van der Waals surface area contributed by atoms with E-state index >= 15 is 0 Å². The molecule has 1 unspecified atom stereocenters. The van der Waals surface area contributed by atoms with E-state index in [2.05, 4.69) is 10.1 Å². The van der Waals surface area contributed by atoms with Crippen LogP contribution in [0.2, 0.25) is 0 Å². The Labute approximate surface area is 105 Å². The molecule has 0 aliphatic rings. The standard InChI is InChI=1S/C14H14N4/c15-13(11-4-2-1-3-5-11)10-12-7-9-18-14(17-12)6-8-16-18/h1-9,13H,10,15H2. The summed E-state index contributed by atoms with van der Waals surface area (Å²) in [6.07, 6.45) is 4.38. The highest BCUT2D eigenvalue weighted by molar-refractivity contribution is 5.36. The first-order valence-corrected chi connectivity index (χ1v) is 5.93. The predicted molar refractivity (Wildman–Crippen MR) is 70.1 cm³/mol. The lowest BCUT2D eigenvalue weighted by Gasteiger charge is -2.11. The SMILES string of the molecule is NC(Cc1ccn2nccc2n1)c1ccccc1. The van der Waals surface area contributed by atoms with Gasteiger partial charge in [-0.1, -0.05) is 30.3 Å². The Bertz CT molecular complexity index is 645. The second-order valence-electron chi connectivity index (χ2n) is 4.27. The third kappa shape index (κ3) is 2.10. The fraction of sp³-hybridized carbons (Fsp3) is 0.143. The van der Waals surface area contributed by atoms with Crippen molar-refractivity contribution in [2.45, 2.75) is 12.5 Å². The zero-order chi connectivity index (χ0) is 12.4. The summed E-state index contributed by atoms with van der Waals surface area (Å²) >= 11 is 0. The topological polar surface area (TPSA) is 56.2 Å².